The molecule has 4 nitrogen and oxygen atoms in total. The second-order valence-electron chi connectivity index (χ2n) is 2.48. The predicted molar refractivity (Wildman–Crippen MR) is 58.9 cm³/mol. The van der Waals surface area contributed by atoms with E-state index in [9.17, 15) is 0 Å². The molecule has 0 radical (unpaired) electrons. The van der Waals surface area contributed by atoms with E-state index < -0.39 is 0 Å². The standard InChI is InChI=1S/C9H14N2O2.ClH/c1-12-6-7-13-9-5-3-2-4-8(9)11-10;/h2-5,11H,6-7,10H2,1H3;1H. The molecule has 0 unspecified atom stereocenters. The van der Waals surface area contributed by atoms with Gasteiger partial charge in [-0.1, -0.05) is 12.1 Å². The summed E-state index contributed by atoms with van der Waals surface area (Å²) in [5, 5.41) is 0. The van der Waals surface area contributed by atoms with Crippen molar-refractivity contribution in [3.05, 3.63) is 24.3 Å². The van der Waals surface area contributed by atoms with Crippen LogP contribution in [0.4, 0.5) is 5.69 Å². The zero-order valence-corrected chi connectivity index (χ0v) is 8.84. The summed E-state index contributed by atoms with van der Waals surface area (Å²) in [6, 6.07) is 7.48. The van der Waals surface area contributed by atoms with Crippen LogP contribution in [0.2, 0.25) is 0 Å². The number of benzene rings is 1. The summed E-state index contributed by atoms with van der Waals surface area (Å²) in [4.78, 5) is 0. The number of halogens is 1. The zero-order chi connectivity index (χ0) is 9.52. The second-order valence-corrected chi connectivity index (χ2v) is 2.48. The number of hydrogen-bond donors (Lipinski definition) is 2. The first-order valence-electron chi connectivity index (χ1n) is 4.06. The summed E-state index contributed by atoms with van der Waals surface area (Å²) in [5.74, 6) is 6.03. The van der Waals surface area contributed by atoms with Gasteiger partial charge in [0.1, 0.15) is 12.4 Å². The number of nitrogens with two attached hydrogens (primary N) is 1. The van der Waals surface area contributed by atoms with Crippen molar-refractivity contribution in [3.63, 3.8) is 0 Å². The van der Waals surface area contributed by atoms with Gasteiger partial charge in [0.2, 0.25) is 0 Å². The topological polar surface area (TPSA) is 56.5 Å². The van der Waals surface area contributed by atoms with E-state index in [4.69, 9.17) is 15.3 Å². The van der Waals surface area contributed by atoms with Crippen LogP contribution in [0.5, 0.6) is 5.75 Å². The fraction of sp³-hybridized carbons (Fsp3) is 0.333. The van der Waals surface area contributed by atoms with Crippen molar-refractivity contribution in [3.8, 4) is 5.75 Å². The van der Waals surface area contributed by atoms with Gasteiger partial charge in [-0.3, -0.25) is 5.84 Å². The van der Waals surface area contributed by atoms with Crippen LogP contribution < -0.4 is 16.0 Å². The molecule has 5 heteroatoms. The van der Waals surface area contributed by atoms with E-state index in [0.717, 1.165) is 11.4 Å². The van der Waals surface area contributed by atoms with Gasteiger partial charge >= 0.3 is 0 Å². The highest BCUT2D eigenvalue weighted by Crippen LogP contribution is 2.21. The fourth-order valence-electron chi connectivity index (χ4n) is 0.947. The average Bonchev–Trinajstić information content (AvgIpc) is 2.19. The quantitative estimate of drug-likeness (QED) is 0.446. The molecule has 0 bridgehead atoms. The molecule has 1 aromatic rings. The largest absolute Gasteiger partial charge is 0.489 e. The first kappa shape index (κ1) is 13.0. The molecule has 3 N–H and O–H groups in total. The number of rotatable bonds is 5. The van der Waals surface area contributed by atoms with Crippen LogP contribution in [0, 0.1) is 0 Å². The zero-order valence-electron chi connectivity index (χ0n) is 8.03. The number of methoxy groups -OCH3 is 1. The molecule has 0 aromatic heterocycles. The Morgan fingerprint density at radius 2 is 2.00 bits per heavy atom. The molecule has 0 spiro atoms. The third-order valence-electron chi connectivity index (χ3n) is 1.59. The van der Waals surface area contributed by atoms with E-state index in [1.807, 2.05) is 24.3 Å². The van der Waals surface area contributed by atoms with Crippen LogP contribution in [0.1, 0.15) is 0 Å². The predicted octanol–water partition coefficient (Wildman–Crippen LogP) is 1.42. The molecular weight excluding hydrogens is 204 g/mol. The summed E-state index contributed by atoms with van der Waals surface area (Å²) in [5.41, 5.74) is 3.33. The number of hydrogen-bond acceptors (Lipinski definition) is 4. The second kappa shape index (κ2) is 7.44. The maximum atomic E-state index is 5.40. The van der Waals surface area contributed by atoms with Gasteiger partial charge in [-0.2, -0.15) is 0 Å². The van der Waals surface area contributed by atoms with E-state index in [-0.39, 0.29) is 12.4 Å². The Balaban J connectivity index is 0.00000169. The van der Waals surface area contributed by atoms with Crippen molar-refractivity contribution in [2.75, 3.05) is 25.7 Å². The van der Waals surface area contributed by atoms with Crippen molar-refractivity contribution in [2.24, 2.45) is 5.84 Å². The highest BCUT2D eigenvalue weighted by molar-refractivity contribution is 5.85. The lowest BCUT2D eigenvalue weighted by molar-refractivity contribution is 0.146. The lowest BCUT2D eigenvalue weighted by Crippen LogP contribution is -2.10. The van der Waals surface area contributed by atoms with Gasteiger partial charge in [-0.15, -0.1) is 12.4 Å². The SMILES string of the molecule is COCCOc1ccccc1NN.Cl. The Kier molecular flexibility index (Phi) is 6.92. The molecule has 0 aliphatic heterocycles. The monoisotopic (exact) mass is 218 g/mol. The molecule has 1 aromatic carbocycles. The number of hydrazine groups is 1. The van der Waals surface area contributed by atoms with E-state index in [2.05, 4.69) is 5.43 Å². The van der Waals surface area contributed by atoms with Crippen molar-refractivity contribution < 1.29 is 9.47 Å². The molecule has 0 fully saturated rings. The number of nitrogen functional groups attached to an aromatic ring is 1. The highest BCUT2D eigenvalue weighted by Gasteiger charge is 1.99. The third-order valence-corrected chi connectivity index (χ3v) is 1.59. The van der Waals surface area contributed by atoms with Gasteiger partial charge < -0.3 is 14.9 Å². The Labute approximate surface area is 89.8 Å². The molecule has 14 heavy (non-hydrogen) atoms. The van der Waals surface area contributed by atoms with Gasteiger partial charge in [-0.25, -0.2) is 0 Å². The van der Waals surface area contributed by atoms with Gasteiger partial charge in [0.15, 0.2) is 0 Å². The smallest absolute Gasteiger partial charge is 0.143 e. The number of ether oxygens (including phenoxy) is 2. The molecule has 0 saturated carbocycles. The van der Waals surface area contributed by atoms with Crippen LogP contribution >= 0.6 is 12.4 Å². The Bertz CT molecular complexity index is 258. The fourth-order valence-corrected chi connectivity index (χ4v) is 0.947. The Morgan fingerprint density at radius 3 is 2.64 bits per heavy atom. The van der Waals surface area contributed by atoms with Gasteiger partial charge in [0, 0.05) is 7.11 Å². The van der Waals surface area contributed by atoms with E-state index >= 15 is 0 Å². The molecule has 0 amide bonds. The summed E-state index contributed by atoms with van der Waals surface area (Å²) in [6.07, 6.45) is 0. The normalized spacial score (nSPS) is 9.00. The van der Waals surface area contributed by atoms with Crippen molar-refractivity contribution in [1.82, 2.24) is 0 Å². The molecule has 0 aliphatic carbocycles. The minimum absolute atomic E-state index is 0. The number of para-hydroxylation sites is 2. The van der Waals surface area contributed by atoms with E-state index in [0.29, 0.717) is 13.2 Å². The molecule has 80 valence electrons. The average molecular weight is 219 g/mol. The van der Waals surface area contributed by atoms with Crippen molar-refractivity contribution in [1.29, 1.82) is 0 Å². The molecule has 1 rings (SSSR count). The van der Waals surface area contributed by atoms with Crippen LogP contribution in [0.25, 0.3) is 0 Å². The van der Waals surface area contributed by atoms with Gasteiger partial charge in [-0.05, 0) is 12.1 Å². The molecule has 0 heterocycles. The lowest BCUT2D eigenvalue weighted by Gasteiger charge is -2.09. The van der Waals surface area contributed by atoms with Crippen molar-refractivity contribution in [2.45, 2.75) is 0 Å². The van der Waals surface area contributed by atoms with E-state index in [1.54, 1.807) is 7.11 Å². The maximum Gasteiger partial charge on any atom is 0.143 e. The van der Waals surface area contributed by atoms with Gasteiger partial charge in [0.05, 0.1) is 12.3 Å². The van der Waals surface area contributed by atoms with Crippen LogP contribution in [-0.4, -0.2) is 20.3 Å². The Hall–Kier alpha value is -0.970. The minimum Gasteiger partial charge on any atom is -0.489 e. The van der Waals surface area contributed by atoms with Crippen molar-refractivity contribution >= 4 is 18.1 Å². The van der Waals surface area contributed by atoms with Crippen LogP contribution in [0.3, 0.4) is 0 Å². The van der Waals surface area contributed by atoms with Gasteiger partial charge in [0.25, 0.3) is 0 Å². The third kappa shape index (κ3) is 3.83. The van der Waals surface area contributed by atoms with Crippen LogP contribution in [-0.2, 0) is 4.74 Å². The highest BCUT2D eigenvalue weighted by atomic mass is 35.5. The summed E-state index contributed by atoms with van der Waals surface area (Å²) in [6.45, 7) is 1.09. The molecule has 0 saturated heterocycles. The summed E-state index contributed by atoms with van der Waals surface area (Å²) < 4.78 is 10.3. The number of anilines is 1. The minimum atomic E-state index is 0. The summed E-state index contributed by atoms with van der Waals surface area (Å²) in [7, 11) is 1.64. The first-order valence-corrected chi connectivity index (χ1v) is 4.06. The molecule has 0 atom stereocenters. The van der Waals surface area contributed by atoms with Crippen LogP contribution in [0.15, 0.2) is 24.3 Å². The lowest BCUT2D eigenvalue weighted by atomic mass is 10.3. The maximum absolute atomic E-state index is 5.40. The molecule has 0 aliphatic rings. The van der Waals surface area contributed by atoms with E-state index in [1.165, 1.54) is 0 Å². The number of nitrogens with one attached hydrogen (secondary N) is 1. The first-order chi connectivity index (χ1) is 6.38. The molecular formula is C9H15ClN2O2. The summed E-state index contributed by atoms with van der Waals surface area (Å²) >= 11 is 0. The Morgan fingerprint density at radius 1 is 1.29 bits per heavy atom.